The summed E-state index contributed by atoms with van der Waals surface area (Å²) in [5.41, 5.74) is 2.66. The SMILES string of the molecule is Cc1cc(S(=O)(=O)NC(c2ccc3c(c2)CCO3)C2CC(O)C2)n(C)n1. The number of aryl methyl sites for hydroxylation is 2. The van der Waals surface area contributed by atoms with Crippen LogP contribution in [0.4, 0.5) is 0 Å². The number of benzene rings is 1. The fraction of sp³-hybridized carbons (Fsp3) is 0.500. The van der Waals surface area contributed by atoms with E-state index in [0.29, 0.717) is 25.1 Å². The highest BCUT2D eigenvalue weighted by atomic mass is 32.2. The Morgan fingerprint density at radius 1 is 1.35 bits per heavy atom. The highest BCUT2D eigenvalue weighted by molar-refractivity contribution is 7.89. The van der Waals surface area contributed by atoms with E-state index in [1.165, 1.54) is 4.68 Å². The molecule has 140 valence electrons. The summed E-state index contributed by atoms with van der Waals surface area (Å²) in [6.07, 6.45) is 1.65. The Hall–Kier alpha value is -1.90. The Bertz CT molecular complexity index is 932. The third-order valence-electron chi connectivity index (χ3n) is 5.21. The zero-order chi connectivity index (χ0) is 18.5. The van der Waals surface area contributed by atoms with Crippen LogP contribution in [0.15, 0.2) is 29.3 Å². The third kappa shape index (κ3) is 3.13. The number of fused-ring (bicyclic) bond motifs is 1. The molecule has 2 heterocycles. The lowest BCUT2D eigenvalue weighted by Gasteiger charge is -2.38. The van der Waals surface area contributed by atoms with Crippen molar-refractivity contribution in [3.05, 3.63) is 41.1 Å². The Kier molecular flexibility index (Phi) is 4.29. The van der Waals surface area contributed by atoms with Gasteiger partial charge in [-0.25, -0.2) is 13.1 Å². The molecule has 1 aromatic heterocycles. The molecule has 1 atom stereocenters. The summed E-state index contributed by atoms with van der Waals surface area (Å²) in [4.78, 5) is 0. The number of nitrogens with zero attached hydrogens (tertiary/aromatic N) is 2. The quantitative estimate of drug-likeness (QED) is 0.823. The first-order chi connectivity index (χ1) is 12.3. The van der Waals surface area contributed by atoms with E-state index in [1.807, 2.05) is 18.2 Å². The molecular formula is C18H23N3O4S. The number of hydrogen-bond acceptors (Lipinski definition) is 5. The fourth-order valence-electron chi connectivity index (χ4n) is 3.80. The molecule has 1 saturated carbocycles. The molecule has 0 amide bonds. The van der Waals surface area contributed by atoms with Gasteiger partial charge in [-0.2, -0.15) is 5.10 Å². The molecule has 8 heteroatoms. The molecular weight excluding hydrogens is 354 g/mol. The van der Waals surface area contributed by atoms with Gasteiger partial charge in [0.15, 0.2) is 5.03 Å². The van der Waals surface area contributed by atoms with Crippen molar-refractivity contribution in [3.63, 3.8) is 0 Å². The van der Waals surface area contributed by atoms with Gasteiger partial charge in [-0.1, -0.05) is 12.1 Å². The third-order valence-corrected chi connectivity index (χ3v) is 6.71. The maximum atomic E-state index is 13.0. The predicted octanol–water partition coefficient (Wildman–Crippen LogP) is 1.45. The van der Waals surface area contributed by atoms with Gasteiger partial charge < -0.3 is 9.84 Å². The standard InChI is InChI=1S/C18H23N3O4S/c1-11-7-17(21(2)19-11)26(23,24)20-18(14-9-15(22)10-14)13-3-4-16-12(8-13)5-6-25-16/h3-4,7-8,14-15,18,20,22H,5-6,9-10H2,1-2H3. The normalized spacial score (nSPS) is 23.2. The Morgan fingerprint density at radius 2 is 2.12 bits per heavy atom. The first kappa shape index (κ1) is 17.5. The molecule has 1 aliphatic heterocycles. The molecule has 2 N–H and O–H groups in total. The Morgan fingerprint density at radius 3 is 2.77 bits per heavy atom. The minimum atomic E-state index is -3.73. The molecule has 0 spiro atoms. The lowest BCUT2D eigenvalue weighted by molar-refractivity contribution is 0.0280. The maximum Gasteiger partial charge on any atom is 0.258 e. The van der Waals surface area contributed by atoms with Gasteiger partial charge in [0, 0.05) is 13.5 Å². The van der Waals surface area contributed by atoms with E-state index in [4.69, 9.17) is 4.74 Å². The van der Waals surface area contributed by atoms with E-state index in [-0.39, 0.29) is 23.1 Å². The average molecular weight is 377 g/mol. The molecule has 4 rings (SSSR count). The molecule has 1 aliphatic carbocycles. The second-order valence-corrected chi connectivity index (χ2v) is 8.86. The summed E-state index contributed by atoms with van der Waals surface area (Å²) in [5, 5.41) is 14.0. The van der Waals surface area contributed by atoms with Crippen molar-refractivity contribution < 1.29 is 18.3 Å². The predicted molar refractivity (Wildman–Crippen MR) is 95.4 cm³/mol. The second-order valence-electron chi connectivity index (χ2n) is 7.20. The van der Waals surface area contributed by atoms with Crippen molar-refractivity contribution in [1.82, 2.24) is 14.5 Å². The number of sulfonamides is 1. The van der Waals surface area contributed by atoms with Gasteiger partial charge in [-0.05, 0) is 48.9 Å². The molecule has 1 aromatic carbocycles. The molecule has 1 fully saturated rings. The van der Waals surface area contributed by atoms with E-state index < -0.39 is 10.0 Å². The van der Waals surface area contributed by atoms with E-state index in [9.17, 15) is 13.5 Å². The van der Waals surface area contributed by atoms with Gasteiger partial charge in [0.1, 0.15) is 5.75 Å². The van der Waals surface area contributed by atoms with Crippen molar-refractivity contribution in [1.29, 1.82) is 0 Å². The van der Waals surface area contributed by atoms with Gasteiger partial charge >= 0.3 is 0 Å². The van der Waals surface area contributed by atoms with Crippen LogP contribution in [-0.4, -0.2) is 36.0 Å². The largest absolute Gasteiger partial charge is 0.493 e. The van der Waals surface area contributed by atoms with Crippen LogP contribution in [0.3, 0.4) is 0 Å². The molecule has 1 unspecified atom stereocenters. The smallest absolute Gasteiger partial charge is 0.258 e. The van der Waals surface area contributed by atoms with Gasteiger partial charge in [-0.15, -0.1) is 0 Å². The van der Waals surface area contributed by atoms with E-state index in [2.05, 4.69) is 9.82 Å². The zero-order valence-corrected chi connectivity index (χ0v) is 15.7. The van der Waals surface area contributed by atoms with Gasteiger partial charge in [0.05, 0.1) is 24.4 Å². The molecule has 2 aromatic rings. The highest BCUT2D eigenvalue weighted by Gasteiger charge is 2.38. The number of rotatable bonds is 5. The number of hydrogen-bond donors (Lipinski definition) is 2. The fourth-order valence-corrected chi connectivity index (χ4v) is 5.30. The summed E-state index contributed by atoms with van der Waals surface area (Å²) in [5.74, 6) is 0.931. The number of aliphatic hydroxyl groups excluding tert-OH is 1. The average Bonchev–Trinajstić information content (AvgIpc) is 3.15. The summed E-state index contributed by atoms with van der Waals surface area (Å²) in [6.45, 7) is 2.42. The van der Waals surface area contributed by atoms with Crippen LogP contribution in [0.5, 0.6) is 5.75 Å². The summed E-state index contributed by atoms with van der Waals surface area (Å²) >= 11 is 0. The number of nitrogens with one attached hydrogen (secondary N) is 1. The van der Waals surface area contributed by atoms with E-state index >= 15 is 0 Å². The topological polar surface area (TPSA) is 93.5 Å². The van der Waals surface area contributed by atoms with Crippen molar-refractivity contribution in [2.75, 3.05) is 6.61 Å². The minimum Gasteiger partial charge on any atom is -0.493 e. The molecule has 0 bridgehead atoms. The van der Waals surface area contributed by atoms with Crippen molar-refractivity contribution in [2.24, 2.45) is 13.0 Å². The molecule has 26 heavy (non-hydrogen) atoms. The Balaban J connectivity index is 1.67. The summed E-state index contributed by atoms with van der Waals surface area (Å²) in [6, 6.07) is 7.02. The van der Waals surface area contributed by atoms with Crippen LogP contribution < -0.4 is 9.46 Å². The first-order valence-corrected chi connectivity index (χ1v) is 10.3. The first-order valence-electron chi connectivity index (χ1n) is 8.80. The lowest BCUT2D eigenvalue weighted by Crippen LogP contribution is -2.41. The van der Waals surface area contributed by atoms with Gasteiger partial charge in [0.25, 0.3) is 10.0 Å². The zero-order valence-electron chi connectivity index (χ0n) is 14.8. The van der Waals surface area contributed by atoms with Crippen molar-refractivity contribution in [2.45, 2.75) is 43.4 Å². The van der Waals surface area contributed by atoms with Crippen LogP contribution in [-0.2, 0) is 23.5 Å². The lowest BCUT2D eigenvalue weighted by atomic mass is 9.75. The van der Waals surface area contributed by atoms with Gasteiger partial charge in [0.2, 0.25) is 0 Å². The van der Waals surface area contributed by atoms with Crippen molar-refractivity contribution >= 4 is 10.0 Å². The minimum absolute atomic E-state index is 0.0643. The van der Waals surface area contributed by atoms with Crippen LogP contribution in [0.25, 0.3) is 0 Å². The highest BCUT2D eigenvalue weighted by Crippen LogP contribution is 2.40. The summed E-state index contributed by atoms with van der Waals surface area (Å²) < 4.78 is 35.7. The van der Waals surface area contributed by atoms with Crippen LogP contribution in [0, 0.1) is 12.8 Å². The molecule has 0 saturated heterocycles. The maximum absolute atomic E-state index is 13.0. The number of aromatic nitrogens is 2. The molecule has 2 aliphatic rings. The van der Waals surface area contributed by atoms with Crippen LogP contribution >= 0.6 is 0 Å². The Labute approximate surface area is 153 Å². The monoisotopic (exact) mass is 377 g/mol. The van der Waals surface area contributed by atoms with Gasteiger partial charge in [-0.3, -0.25) is 4.68 Å². The molecule has 0 radical (unpaired) electrons. The van der Waals surface area contributed by atoms with Crippen molar-refractivity contribution in [3.8, 4) is 5.75 Å². The van der Waals surface area contributed by atoms with Crippen LogP contribution in [0.2, 0.25) is 0 Å². The second kappa shape index (κ2) is 6.37. The summed E-state index contributed by atoms with van der Waals surface area (Å²) in [7, 11) is -2.11. The van der Waals surface area contributed by atoms with E-state index in [1.54, 1.807) is 20.0 Å². The number of aliphatic hydroxyl groups is 1. The number of ether oxygens (including phenoxy) is 1. The van der Waals surface area contributed by atoms with E-state index in [0.717, 1.165) is 23.3 Å². The van der Waals surface area contributed by atoms with Crippen LogP contribution in [0.1, 0.15) is 35.7 Å². The molecule has 7 nitrogen and oxygen atoms in total.